The maximum atomic E-state index is 5.30. The number of hydrogen-bond acceptors (Lipinski definition) is 3. The van der Waals surface area contributed by atoms with Crippen LogP contribution in [0.25, 0.3) is 0 Å². The van der Waals surface area contributed by atoms with E-state index in [2.05, 4.69) is 25.8 Å². The summed E-state index contributed by atoms with van der Waals surface area (Å²) < 4.78 is 6.01. The van der Waals surface area contributed by atoms with Crippen molar-refractivity contribution in [1.82, 2.24) is 4.98 Å². The van der Waals surface area contributed by atoms with Gasteiger partial charge in [0, 0.05) is 13.1 Å². The number of anilines is 1. The summed E-state index contributed by atoms with van der Waals surface area (Å²) in [5, 5.41) is 0. The largest absolute Gasteiger partial charge is 0.416 e. The number of rotatable bonds is 1. The minimum Gasteiger partial charge on any atom is -0.416 e. The minimum absolute atomic E-state index is 0.708. The van der Waals surface area contributed by atoms with E-state index in [-0.39, 0.29) is 0 Å². The van der Waals surface area contributed by atoms with Crippen LogP contribution in [0, 0.1) is 0 Å². The van der Waals surface area contributed by atoms with Crippen molar-refractivity contribution in [2.24, 2.45) is 0 Å². The van der Waals surface area contributed by atoms with Gasteiger partial charge in [-0.2, -0.15) is 0 Å². The fourth-order valence-electron chi connectivity index (χ4n) is 1.30. The number of halogens is 1. The van der Waals surface area contributed by atoms with Gasteiger partial charge in [-0.15, -0.1) is 0 Å². The summed E-state index contributed by atoms with van der Waals surface area (Å²) in [7, 11) is 0. The number of nitrogens with zero attached hydrogens (tertiary/aromatic N) is 2. The first-order valence-corrected chi connectivity index (χ1v) is 4.52. The average molecular weight is 217 g/mol. The van der Waals surface area contributed by atoms with Crippen LogP contribution in [0.15, 0.2) is 15.3 Å². The molecule has 1 fully saturated rings. The van der Waals surface area contributed by atoms with Crippen LogP contribution < -0.4 is 4.90 Å². The van der Waals surface area contributed by atoms with Crippen LogP contribution in [0.5, 0.6) is 0 Å². The quantitative estimate of drug-likeness (QED) is 0.720. The third kappa shape index (κ3) is 1.40. The lowest BCUT2D eigenvalue weighted by Crippen LogP contribution is -2.17. The smallest absolute Gasteiger partial charge is 0.298 e. The van der Waals surface area contributed by atoms with Crippen LogP contribution in [-0.2, 0) is 0 Å². The molecule has 0 atom stereocenters. The van der Waals surface area contributed by atoms with Crippen molar-refractivity contribution in [2.45, 2.75) is 12.8 Å². The summed E-state index contributed by atoms with van der Waals surface area (Å²) in [5.41, 5.74) is 0. The monoisotopic (exact) mass is 216 g/mol. The molecule has 0 bridgehead atoms. The lowest BCUT2D eigenvalue weighted by Gasteiger charge is -2.10. The molecule has 1 saturated heterocycles. The average Bonchev–Trinajstić information content (AvgIpc) is 2.55. The van der Waals surface area contributed by atoms with E-state index in [4.69, 9.17) is 4.42 Å². The molecule has 0 amide bonds. The molecule has 1 aromatic heterocycles. The van der Waals surface area contributed by atoms with E-state index >= 15 is 0 Å². The summed E-state index contributed by atoms with van der Waals surface area (Å²) in [4.78, 5) is 6.27. The van der Waals surface area contributed by atoms with Gasteiger partial charge in [-0.25, -0.2) is 4.98 Å². The Kier molecular flexibility index (Phi) is 1.85. The molecule has 1 aromatic rings. The summed E-state index contributed by atoms with van der Waals surface area (Å²) in [6, 6.07) is 0.745. The zero-order chi connectivity index (χ0) is 7.68. The second-order valence-corrected chi connectivity index (χ2v) is 3.42. The molecule has 2 heterocycles. The Balaban J connectivity index is 2.15. The van der Waals surface area contributed by atoms with E-state index in [0.29, 0.717) is 4.67 Å². The predicted molar refractivity (Wildman–Crippen MR) is 45.7 cm³/mol. The van der Waals surface area contributed by atoms with E-state index in [1.807, 2.05) is 0 Å². The molecule has 0 N–H and O–H groups in total. The third-order valence-electron chi connectivity index (χ3n) is 1.84. The van der Waals surface area contributed by atoms with Crippen molar-refractivity contribution in [1.29, 1.82) is 0 Å². The van der Waals surface area contributed by atoms with Gasteiger partial charge in [0.15, 0.2) is 4.67 Å². The van der Waals surface area contributed by atoms with Gasteiger partial charge in [0.2, 0.25) is 0 Å². The lowest BCUT2D eigenvalue weighted by atomic mass is 10.4. The second kappa shape index (κ2) is 2.85. The topological polar surface area (TPSA) is 29.3 Å². The Hall–Kier alpha value is -0.510. The van der Waals surface area contributed by atoms with Crippen LogP contribution in [0.1, 0.15) is 12.8 Å². The van der Waals surface area contributed by atoms with E-state index in [0.717, 1.165) is 19.1 Å². The second-order valence-electron chi connectivity index (χ2n) is 2.64. The molecule has 0 spiro atoms. The SMILES string of the molecule is Brc1cnc(N2CCCC2)o1. The van der Waals surface area contributed by atoms with Crippen molar-refractivity contribution in [3.05, 3.63) is 10.9 Å². The van der Waals surface area contributed by atoms with Crippen molar-refractivity contribution < 1.29 is 4.42 Å². The Labute approximate surface area is 73.5 Å². The van der Waals surface area contributed by atoms with Gasteiger partial charge in [-0.3, -0.25) is 0 Å². The molecule has 2 rings (SSSR count). The van der Waals surface area contributed by atoms with E-state index in [1.165, 1.54) is 12.8 Å². The van der Waals surface area contributed by atoms with Gasteiger partial charge in [-0.05, 0) is 28.8 Å². The van der Waals surface area contributed by atoms with Crippen LogP contribution in [-0.4, -0.2) is 18.1 Å². The maximum Gasteiger partial charge on any atom is 0.298 e. The van der Waals surface area contributed by atoms with Gasteiger partial charge in [0.1, 0.15) is 0 Å². The molecular formula is C7H9BrN2O. The first-order chi connectivity index (χ1) is 5.36. The molecule has 0 aliphatic carbocycles. The van der Waals surface area contributed by atoms with Crippen LogP contribution in [0.2, 0.25) is 0 Å². The standard InChI is InChI=1S/C7H9BrN2O/c8-6-5-9-7(11-6)10-3-1-2-4-10/h5H,1-4H2. The molecule has 0 radical (unpaired) electrons. The highest BCUT2D eigenvalue weighted by atomic mass is 79.9. The molecule has 3 nitrogen and oxygen atoms in total. The van der Waals surface area contributed by atoms with Crippen molar-refractivity contribution in [3.63, 3.8) is 0 Å². The van der Waals surface area contributed by atoms with Crippen LogP contribution in [0.4, 0.5) is 6.01 Å². The van der Waals surface area contributed by atoms with E-state index < -0.39 is 0 Å². The maximum absolute atomic E-state index is 5.30. The fraction of sp³-hybridized carbons (Fsp3) is 0.571. The lowest BCUT2D eigenvalue weighted by molar-refractivity contribution is 0.525. The Morgan fingerprint density at radius 3 is 2.73 bits per heavy atom. The van der Waals surface area contributed by atoms with Crippen molar-refractivity contribution >= 4 is 21.9 Å². The Morgan fingerprint density at radius 2 is 2.18 bits per heavy atom. The van der Waals surface area contributed by atoms with Gasteiger partial charge in [0.25, 0.3) is 6.01 Å². The van der Waals surface area contributed by atoms with Gasteiger partial charge in [-0.1, -0.05) is 0 Å². The molecule has 0 saturated carbocycles. The first kappa shape index (κ1) is 7.16. The molecule has 1 aliphatic rings. The fourth-order valence-corrected chi connectivity index (χ4v) is 1.55. The number of oxazole rings is 1. The van der Waals surface area contributed by atoms with Gasteiger partial charge in [0.05, 0.1) is 6.20 Å². The van der Waals surface area contributed by atoms with E-state index in [9.17, 15) is 0 Å². The summed E-state index contributed by atoms with van der Waals surface area (Å²) in [6.45, 7) is 2.15. The molecule has 0 aromatic carbocycles. The highest BCUT2D eigenvalue weighted by Crippen LogP contribution is 2.21. The summed E-state index contributed by atoms with van der Waals surface area (Å²) in [6.07, 6.45) is 4.19. The Bertz CT molecular complexity index is 242. The van der Waals surface area contributed by atoms with Gasteiger partial charge < -0.3 is 9.32 Å². The highest BCUT2D eigenvalue weighted by Gasteiger charge is 2.16. The summed E-state index contributed by atoms with van der Waals surface area (Å²) in [5.74, 6) is 0. The highest BCUT2D eigenvalue weighted by molar-refractivity contribution is 9.10. The molecule has 11 heavy (non-hydrogen) atoms. The zero-order valence-electron chi connectivity index (χ0n) is 6.09. The predicted octanol–water partition coefficient (Wildman–Crippen LogP) is 2.04. The van der Waals surface area contributed by atoms with Crippen LogP contribution in [0.3, 0.4) is 0 Å². The molecule has 0 unspecified atom stereocenters. The molecule has 60 valence electrons. The molecule has 1 aliphatic heterocycles. The third-order valence-corrected chi connectivity index (χ3v) is 2.21. The minimum atomic E-state index is 0.708. The zero-order valence-corrected chi connectivity index (χ0v) is 7.67. The summed E-state index contributed by atoms with van der Waals surface area (Å²) >= 11 is 3.22. The number of aromatic nitrogens is 1. The number of hydrogen-bond donors (Lipinski definition) is 0. The molecular weight excluding hydrogens is 208 g/mol. The first-order valence-electron chi connectivity index (χ1n) is 3.72. The van der Waals surface area contributed by atoms with E-state index in [1.54, 1.807) is 6.20 Å². The van der Waals surface area contributed by atoms with Crippen LogP contribution >= 0.6 is 15.9 Å². The van der Waals surface area contributed by atoms with Gasteiger partial charge >= 0.3 is 0 Å². The normalized spacial score (nSPS) is 17.7. The van der Waals surface area contributed by atoms with Crippen molar-refractivity contribution in [2.75, 3.05) is 18.0 Å². The van der Waals surface area contributed by atoms with Crippen molar-refractivity contribution in [3.8, 4) is 0 Å². The molecule has 4 heteroatoms. The Morgan fingerprint density at radius 1 is 1.45 bits per heavy atom.